The Labute approximate surface area is 143 Å². The van der Waals surface area contributed by atoms with Gasteiger partial charge < -0.3 is 5.32 Å². The number of nitro benzene ring substituents is 1. The predicted molar refractivity (Wildman–Crippen MR) is 93.9 cm³/mol. The van der Waals surface area contributed by atoms with Crippen LogP contribution in [-0.2, 0) is 5.41 Å². The van der Waals surface area contributed by atoms with Crippen LogP contribution in [0, 0.1) is 10.1 Å². The van der Waals surface area contributed by atoms with Crippen LogP contribution in [0.1, 0.15) is 36.7 Å². The highest BCUT2D eigenvalue weighted by Crippen LogP contribution is 2.28. The third kappa shape index (κ3) is 4.16. The first kappa shape index (κ1) is 17.1. The maximum atomic E-state index is 12.3. The summed E-state index contributed by atoms with van der Waals surface area (Å²) in [6.07, 6.45) is 0. The molecule has 5 nitrogen and oxygen atoms in total. The fraction of sp³-hybridized carbons (Fsp3) is 0.235. The lowest BCUT2D eigenvalue weighted by molar-refractivity contribution is -0.384. The molecule has 0 fully saturated rings. The molecule has 23 heavy (non-hydrogen) atoms. The van der Waals surface area contributed by atoms with Gasteiger partial charge in [0, 0.05) is 22.2 Å². The van der Waals surface area contributed by atoms with Crippen LogP contribution in [-0.4, -0.2) is 10.8 Å². The summed E-state index contributed by atoms with van der Waals surface area (Å²) in [5, 5.41) is 13.5. The average Bonchev–Trinajstić information content (AvgIpc) is 2.48. The maximum absolute atomic E-state index is 12.3. The van der Waals surface area contributed by atoms with Crippen molar-refractivity contribution in [2.24, 2.45) is 0 Å². The third-order valence-corrected chi connectivity index (χ3v) is 4.08. The number of nitrogens with one attached hydrogen (secondary N) is 1. The van der Waals surface area contributed by atoms with Gasteiger partial charge in [0.05, 0.1) is 10.6 Å². The zero-order valence-electron chi connectivity index (χ0n) is 13.1. The minimum atomic E-state index is -0.485. The molecule has 2 aromatic rings. The maximum Gasteiger partial charge on any atom is 0.270 e. The molecule has 0 spiro atoms. The van der Waals surface area contributed by atoms with Gasteiger partial charge in [-0.25, -0.2) is 0 Å². The standard InChI is InChI=1S/C17H17BrN2O3/c1-17(2,3)12-6-4-11(5-7-12)16(21)19-15-9-8-13(20(22)23)10-14(15)18/h4-10H,1-3H3,(H,19,21). The van der Waals surface area contributed by atoms with Gasteiger partial charge in [-0.05, 0) is 45.1 Å². The quantitative estimate of drug-likeness (QED) is 0.610. The molecule has 2 aromatic carbocycles. The fourth-order valence-corrected chi connectivity index (χ4v) is 2.50. The number of hydrogen-bond acceptors (Lipinski definition) is 3. The lowest BCUT2D eigenvalue weighted by Crippen LogP contribution is -2.14. The van der Waals surface area contributed by atoms with Crippen LogP contribution in [0.3, 0.4) is 0 Å². The Hall–Kier alpha value is -2.21. The Morgan fingerprint density at radius 3 is 2.22 bits per heavy atom. The van der Waals surface area contributed by atoms with Crippen LogP contribution in [0.4, 0.5) is 11.4 Å². The second-order valence-corrected chi connectivity index (χ2v) is 7.06. The molecule has 0 saturated carbocycles. The predicted octanol–water partition coefficient (Wildman–Crippen LogP) is 4.91. The first-order chi connectivity index (χ1) is 10.7. The number of amides is 1. The van der Waals surface area contributed by atoms with Crippen molar-refractivity contribution >= 4 is 33.2 Å². The molecule has 0 heterocycles. The molecule has 0 radical (unpaired) electrons. The van der Waals surface area contributed by atoms with E-state index in [1.54, 1.807) is 12.1 Å². The van der Waals surface area contributed by atoms with Gasteiger partial charge in [-0.15, -0.1) is 0 Å². The van der Waals surface area contributed by atoms with Crippen LogP contribution in [0.15, 0.2) is 46.9 Å². The number of nitrogens with zero attached hydrogens (tertiary/aromatic N) is 1. The largest absolute Gasteiger partial charge is 0.321 e. The van der Waals surface area contributed by atoms with Crippen molar-refractivity contribution in [3.05, 3.63) is 68.2 Å². The minimum absolute atomic E-state index is 0.0242. The average molecular weight is 377 g/mol. The van der Waals surface area contributed by atoms with Gasteiger partial charge in [-0.3, -0.25) is 14.9 Å². The molecule has 0 unspecified atom stereocenters. The Morgan fingerprint density at radius 2 is 1.74 bits per heavy atom. The van der Waals surface area contributed by atoms with E-state index in [-0.39, 0.29) is 17.0 Å². The highest BCUT2D eigenvalue weighted by molar-refractivity contribution is 9.10. The number of non-ortho nitro benzene ring substituents is 1. The normalized spacial score (nSPS) is 11.1. The Balaban J connectivity index is 2.17. The zero-order chi connectivity index (χ0) is 17.2. The van der Waals surface area contributed by atoms with Crippen LogP contribution in [0.5, 0.6) is 0 Å². The molecule has 0 aromatic heterocycles. The lowest BCUT2D eigenvalue weighted by Gasteiger charge is -2.19. The van der Waals surface area contributed by atoms with Gasteiger partial charge in [0.25, 0.3) is 11.6 Å². The molecular formula is C17H17BrN2O3. The summed E-state index contributed by atoms with van der Waals surface area (Å²) in [4.78, 5) is 22.5. The van der Waals surface area contributed by atoms with E-state index in [2.05, 4.69) is 42.0 Å². The van der Waals surface area contributed by atoms with Gasteiger partial charge in [0.15, 0.2) is 0 Å². The number of benzene rings is 2. The van der Waals surface area contributed by atoms with Crippen molar-refractivity contribution in [2.45, 2.75) is 26.2 Å². The lowest BCUT2D eigenvalue weighted by atomic mass is 9.87. The smallest absolute Gasteiger partial charge is 0.270 e. The van der Waals surface area contributed by atoms with Crippen LogP contribution in [0.25, 0.3) is 0 Å². The molecule has 0 aliphatic carbocycles. The summed E-state index contributed by atoms with van der Waals surface area (Å²) in [6, 6.07) is 11.6. The number of carbonyl (C=O) groups is 1. The second kappa shape index (κ2) is 6.50. The highest BCUT2D eigenvalue weighted by Gasteiger charge is 2.15. The van der Waals surface area contributed by atoms with Gasteiger partial charge in [-0.2, -0.15) is 0 Å². The van der Waals surface area contributed by atoms with E-state index < -0.39 is 4.92 Å². The number of carbonyl (C=O) groups excluding carboxylic acids is 1. The number of nitro groups is 1. The molecule has 0 atom stereocenters. The van der Waals surface area contributed by atoms with E-state index in [9.17, 15) is 14.9 Å². The summed E-state index contributed by atoms with van der Waals surface area (Å²) in [5.74, 6) is -0.264. The van der Waals surface area contributed by atoms with Crippen molar-refractivity contribution in [3.8, 4) is 0 Å². The molecule has 0 saturated heterocycles. The van der Waals surface area contributed by atoms with E-state index in [0.29, 0.717) is 15.7 Å². The van der Waals surface area contributed by atoms with Crippen molar-refractivity contribution in [1.82, 2.24) is 0 Å². The molecule has 2 rings (SSSR count). The van der Waals surface area contributed by atoms with E-state index in [1.807, 2.05) is 12.1 Å². The molecule has 0 bridgehead atoms. The Kier molecular flexibility index (Phi) is 4.85. The number of hydrogen-bond donors (Lipinski definition) is 1. The van der Waals surface area contributed by atoms with Gasteiger partial charge >= 0.3 is 0 Å². The van der Waals surface area contributed by atoms with Crippen LogP contribution < -0.4 is 5.32 Å². The molecule has 1 N–H and O–H groups in total. The topological polar surface area (TPSA) is 72.2 Å². The molecule has 0 aliphatic rings. The Morgan fingerprint density at radius 1 is 1.13 bits per heavy atom. The van der Waals surface area contributed by atoms with E-state index >= 15 is 0 Å². The monoisotopic (exact) mass is 376 g/mol. The van der Waals surface area contributed by atoms with Crippen molar-refractivity contribution in [3.63, 3.8) is 0 Å². The van der Waals surface area contributed by atoms with E-state index in [1.165, 1.54) is 18.2 Å². The molecular weight excluding hydrogens is 360 g/mol. The highest BCUT2D eigenvalue weighted by atomic mass is 79.9. The summed E-state index contributed by atoms with van der Waals surface area (Å²) < 4.78 is 0.464. The molecule has 6 heteroatoms. The molecule has 1 amide bonds. The van der Waals surface area contributed by atoms with Crippen LogP contribution in [0.2, 0.25) is 0 Å². The second-order valence-electron chi connectivity index (χ2n) is 6.20. The summed E-state index contributed by atoms with van der Waals surface area (Å²) >= 11 is 3.24. The summed E-state index contributed by atoms with van der Waals surface area (Å²) in [6.45, 7) is 6.32. The number of halogens is 1. The minimum Gasteiger partial charge on any atom is -0.321 e. The number of rotatable bonds is 3. The van der Waals surface area contributed by atoms with Crippen molar-refractivity contribution < 1.29 is 9.72 Å². The first-order valence-electron chi connectivity index (χ1n) is 7.04. The van der Waals surface area contributed by atoms with E-state index in [4.69, 9.17) is 0 Å². The summed E-state index contributed by atoms with van der Waals surface area (Å²) in [7, 11) is 0. The third-order valence-electron chi connectivity index (χ3n) is 3.42. The van der Waals surface area contributed by atoms with Crippen molar-refractivity contribution in [2.75, 3.05) is 5.32 Å². The van der Waals surface area contributed by atoms with Crippen LogP contribution >= 0.6 is 15.9 Å². The molecule has 120 valence electrons. The van der Waals surface area contributed by atoms with E-state index in [0.717, 1.165) is 5.56 Å². The fourth-order valence-electron chi connectivity index (χ4n) is 2.04. The van der Waals surface area contributed by atoms with Gasteiger partial charge in [-0.1, -0.05) is 32.9 Å². The first-order valence-corrected chi connectivity index (χ1v) is 7.83. The summed E-state index contributed by atoms with van der Waals surface area (Å²) in [5.41, 5.74) is 2.15. The zero-order valence-corrected chi connectivity index (χ0v) is 14.7. The Bertz CT molecular complexity index is 749. The number of anilines is 1. The van der Waals surface area contributed by atoms with Crippen molar-refractivity contribution in [1.29, 1.82) is 0 Å². The van der Waals surface area contributed by atoms with Gasteiger partial charge in [0.1, 0.15) is 0 Å². The molecule has 0 aliphatic heterocycles. The van der Waals surface area contributed by atoms with Gasteiger partial charge in [0.2, 0.25) is 0 Å². The SMILES string of the molecule is CC(C)(C)c1ccc(C(=O)Nc2ccc([N+](=O)[O-])cc2Br)cc1.